The van der Waals surface area contributed by atoms with E-state index in [0.717, 1.165) is 5.56 Å². The van der Waals surface area contributed by atoms with Gasteiger partial charge in [0.05, 0.1) is 11.7 Å². The molecule has 1 aromatic carbocycles. The number of nitrogens with one attached hydrogen (secondary N) is 2. The van der Waals surface area contributed by atoms with Crippen molar-refractivity contribution in [2.75, 3.05) is 12.4 Å². The lowest BCUT2D eigenvalue weighted by atomic mass is 10.0. The summed E-state index contributed by atoms with van der Waals surface area (Å²) in [5.74, 6) is 0.474. The average Bonchev–Trinajstić information content (AvgIpc) is 2.31. The molecule has 0 saturated carbocycles. The van der Waals surface area contributed by atoms with Crippen LogP contribution in [0.2, 0.25) is 0 Å². The molecule has 0 spiro atoms. The number of carbonyl (C=O) groups is 2. The lowest BCUT2D eigenvalue weighted by molar-refractivity contribution is -0.122. The molecule has 1 amide bonds. The number of anilines is 1. The van der Waals surface area contributed by atoms with Crippen LogP contribution in [0.4, 0.5) is 5.69 Å². The second kappa shape index (κ2) is 4.78. The number of likely N-dealkylation sites (N-methyl/N-ethyl adjacent to an activating group) is 1. The Morgan fingerprint density at radius 1 is 1.50 bits per heavy atom. The number of benzene rings is 1. The number of ketones is 1. The van der Waals surface area contributed by atoms with Gasteiger partial charge in [-0.2, -0.15) is 0 Å². The van der Waals surface area contributed by atoms with Crippen LogP contribution in [0, 0.1) is 0 Å². The van der Waals surface area contributed by atoms with Crippen molar-refractivity contribution in [3.8, 4) is 5.75 Å². The van der Waals surface area contributed by atoms with E-state index in [1.807, 2.05) is 6.07 Å². The summed E-state index contributed by atoms with van der Waals surface area (Å²) >= 11 is 0. The largest absolute Gasteiger partial charge is 0.479 e. The van der Waals surface area contributed by atoms with Crippen LogP contribution in [0.25, 0.3) is 0 Å². The first kappa shape index (κ1) is 12.6. The molecule has 2 unspecified atom stereocenters. The Labute approximate surface area is 106 Å². The first-order chi connectivity index (χ1) is 8.52. The topological polar surface area (TPSA) is 67.4 Å². The number of Topliss-reactive ketones (excluding diaryl/α,β-unsaturated/α-hetero) is 1. The van der Waals surface area contributed by atoms with Crippen molar-refractivity contribution in [3.05, 3.63) is 23.8 Å². The summed E-state index contributed by atoms with van der Waals surface area (Å²) in [4.78, 5) is 23.0. The number of fused-ring (bicyclic) bond motifs is 1. The van der Waals surface area contributed by atoms with Gasteiger partial charge in [-0.05, 0) is 38.6 Å². The van der Waals surface area contributed by atoms with Crippen LogP contribution in [-0.2, 0) is 9.59 Å². The Morgan fingerprint density at radius 2 is 2.22 bits per heavy atom. The van der Waals surface area contributed by atoms with Gasteiger partial charge in [0.1, 0.15) is 5.75 Å². The van der Waals surface area contributed by atoms with Gasteiger partial charge in [-0.25, -0.2) is 0 Å². The van der Waals surface area contributed by atoms with E-state index in [0.29, 0.717) is 11.4 Å². The van der Waals surface area contributed by atoms with Crippen LogP contribution in [0.15, 0.2) is 18.2 Å². The van der Waals surface area contributed by atoms with E-state index in [1.54, 1.807) is 26.1 Å². The summed E-state index contributed by atoms with van der Waals surface area (Å²) in [5.41, 5.74) is 1.42. The third kappa shape index (κ3) is 2.22. The summed E-state index contributed by atoms with van der Waals surface area (Å²) in [6.07, 6.45) is -0.490. The van der Waals surface area contributed by atoms with Gasteiger partial charge in [0, 0.05) is 0 Å². The van der Waals surface area contributed by atoms with E-state index in [2.05, 4.69) is 10.6 Å². The first-order valence-electron chi connectivity index (χ1n) is 5.82. The molecule has 2 N–H and O–H groups in total. The maximum atomic E-state index is 11.5. The Kier molecular flexibility index (Phi) is 3.34. The van der Waals surface area contributed by atoms with Crippen molar-refractivity contribution in [2.45, 2.75) is 26.0 Å². The van der Waals surface area contributed by atoms with Gasteiger partial charge < -0.3 is 15.4 Å². The molecule has 2 atom stereocenters. The smallest absolute Gasteiger partial charge is 0.265 e. The lowest BCUT2D eigenvalue weighted by Crippen LogP contribution is -2.34. The van der Waals surface area contributed by atoms with Gasteiger partial charge in [-0.1, -0.05) is 6.07 Å². The highest BCUT2D eigenvalue weighted by molar-refractivity contribution is 5.97. The molecular formula is C13H16N2O3. The second-order valence-electron chi connectivity index (χ2n) is 4.34. The molecule has 18 heavy (non-hydrogen) atoms. The first-order valence-corrected chi connectivity index (χ1v) is 5.82. The lowest BCUT2D eigenvalue weighted by Gasteiger charge is -2.24. The molecule has 96 valence electrons. The minimum atomic E-state index is -0.490. The highest BCUT2D eigenvalue weighted by atomic mass is 16.5. The highest BCUT2D eigenvalue weighted by Crippen LogP contribution is 2.32. The van der Waals surface area contributed by atoms with Crippen LogP contribution in [0.5, 0.6) is 5.75 Å². The standard InChI is InChI=1S/C13H16N2O3/c1-7(16)12(14-3)9-4-5-11-10(6-9)15-13(17)8(2)18-11/h4-6,8,12,14H,1-3H3,(H,15,17). The SMILES string of the molecule is CNC(C(C)=O)c1ccc2c(c1)NC(=O)C(C)O2. The average molecular weight is 248 g/mol. The minimum Gasteiger partial charge on any atom is -0.479 e. The van der Waals surface area contributed by atoms with Gasteiger partial charge in [-0.15, -0.1) is 0 Å². The minimum absolute atomic E-state index is 0.0221. The van der Waals surface area contributed by atoms with Gasteiger partial charge in [0.25, 0.3) is 5.91 Å². The normalized spacial score (nSPS) is 19.5. The number of hydrogen-bond donors (Lipinski definition) is 2. The summed E-state index contributed by atoms with van der Waals surface area (Å²) in [5, 5.41) is 5.71. The molecule has 0 aliphatic carbocycles. The summed E-state index contributed by atoms with van der Waals surface area (Å²) in [6, 6.07) is 4.99. The van der Waals surface area contributed by atoms with Crippen LogP contribution < -0.4 is 15.4 Å². The van der Waals surface area contributed by atoms with Crippen LogP contribution in [0.3, 0.4) is 0 Å². The third-order valence-corrected chi connectivity index (χ3v) is 2.96. The maximum absolute atomic E-state index is 11.5. The maximum Gasteiger partial charge on any atom is 0.265 e. The molecular weight excluding hydrogens is 232 g/mol. The number of rotatable bonds is 3. The fourth-order valence-electron chi connectivity index (χ4n) is 2.01. The molecule has 1 heterocycles. The molecule has 0 fully saturated rings. The molecule has 2 rings (SSSR count). The molecule has 0 aromatic heterocycles. The highest BCUT2D eigenvalue weighted by Gasteiger charge is 2.25. The molecule has 0 saturated heterocycles. The second-order valence-corrected chi connectivity index (χ2v) is 4.34. The number of hydrogen-bond acceptors (Lipinski definition) is 4. The number of carbonyl (C=O) groups excluding carboxylic acids is 2. The number of ether oxygens (including phenoxy) is 1. The Hall–Kier alpha value is -1.88. The van der Waals surface area contributed by atoms with E-state index >= 15 is 0 Å². The predicted molar refractivity (Wildman–Crippen MR) is 67.6 cm³/mol. The van der Waals surface area contributed by atoms with Crippen LogP contribution in [0.1, 0.15) is 25.5 Å². The van der Waals surface area contributed by atoms with Crippen molar-refractivity contribution in [1.82, 2.24) is 5.32 Å². The van der Waals surface area contributed by atoms with Crippen molar-refractivity contribution < 1.29 is 14.3 Å². The molecule has 0 radical (unpaired) electrons. The molecule has 1 aromatic rings. The molecule has 5 heteroatoms. The zero-order chi connectivity index (χ0) is 13.3. The van der Waals surface area contributed by atoms with Crippen molar-refractivity contribution in [2.24, 2.45) is 0 Å². The quantitative estimate of drug-likeness (QED) is 0.845. The zero-order valence-electron chi connectivity index (χ0n) is 10.6. The van der Waals surface area contributed by atoms with Gasteiger partial charge >= 0.3 is 0 Å². The van der Waals surface area contributed by atoms with Gasteiger partial charge in [-0.3, -0.25) is 9.59 Å². The summed E-state index contributed by atoms with van der Waals surface area (Å²) in [6.45, 7) is 3.22. The molecule has 1 aliphatic rings. The number of amides is 1. The van der Waals surface area contributed by atoms with Crippen LogP contribution >= 0.6 is 0 Å². The van der Waals surface area contributed by atoms with E-state index < -0.39 is 6.10 Å². The van der Waals surface area contributed by atoms with Crippen LogP contribution in [-0.4, -0.2) is 24.8 Å². The molecule has 1 aliphatic heterocycles. The summed E-state index contributed by atoms with van der Waals surface area (Å²) in [7, 11) is 1.72. The van der Waals surface area contributed by atoms with E-state index in [1.165, 1.54) is 6.92 Å². The van der Waals surface area contributed by atoms with Crippen molar-refractivity contribution in [1.29, 1.82) is 0 Å². The summed E-state index contributed by atoms with van der Waals surface area (Å²) < 4.78 is 5.46. The Morgan fingerprint density at radius 3 is 2.83 bits per heavy atom. The van der Waals surface area contributed by atoms with Gasteiger partial charge in [0.15, 0.2) is 11.9 Å². The van der Waals surface area contributed by atoms with Crippen molar-refractivity contribution in [3.63, 3.8) is 0 Å². The third-order valence-electron chi connectivity index (χ3n) is 2.96. The van der Waals surface area contributed by atoms with E-state index in [-0.39, 0.29) is 17.7 Å². The molecule has 0 bridgehead atoms. The van der Waals surface area contributed by atoms with Crippen molar-refractivity contribution >= 4 is 17.4 Å². The monoisotopic (exact) mass is 248 g/mol. The van der Waals surface area contributed by atoms with E-state index in [4.69, 9.17) is 4.74 Å². The predicted octanol–water partition coefficient (Wildman–Crippen LogP) is 1.26. The van der Waals surface area contributed by atoms with Gasteiger partial charge in [0.2, 0.25) is 0 Å². The Balaban J connectivity index is 2.35. The Bertz CT molecular complexity index is 499. The van der Waals surface area contributed by atoms with E-state index in [9.17, 15) is 9.59 Å². The fourth-order valence-corrected chi connectivity index (χ4v) is 2.01. The fraction of sp³-hybridized carbons (Fsp3) is 0.385. The molecule has 5 nitrogen and oxygen atoms in total. The zero-order valence-corrected chi connectivity index (χ0v) is 10.6.